The summed E-state index contributed by atoms with van der Waals surface area (Å²) < 4.78 is 1.72. The van der Waals surface area contributed by atoms with Gasteiger partial charge >= 0.3 is 0 Å². The van der Waals surface area contributed by atoms with Gasteiger partial charge in [-0.2, -0.15) is 5.10 Å². The first kappa shape index (κ1) is 17.8. The Hall–Kier alpha value is -2.63. The van der Waals surface area contributed by atoms with Crippen molar-refractivity contribution in [2.45, 2.75) is 45.4 Å². The van der Waals surface area contributed by atoms with Crippen LogP contribution in [0.4, 0.5) is 0 Å². The van der Waals surface area contributed by atoms with Crippen LogP contribution in [-0.2, 0) is 13.5 Å². The van der Waals surface area contributed by atoms with E-state index < -0.39 is 0 Å². The van der Waals surface area contributed by atoms with Crippen molar-refractivity contribution in [2.24, 2.45) is 7.05 Å². The summed E-state index contributed by atoms with van der Waals surface area (Å²) in [7, 11) is 1.86. The van der Waals surface area contributed by atoms with Crippen LogP contribution in [0.5, 0.6) is 0 Å². The molecular formula is C21H27N5O. The van der Waals surface area contributed by atoms with Gasteiger partial charge in [0.25, 0.3) is 5.91 Å². The number of aryl methyl sites for hydroxylation is 3. The van der Waals surface area contributed by atoms with Crippen LogP contribution in [0.15, 0.2) is 24.3 Å². The van der Waals surface area contributed by atoms with E-state index in [-0.39, 0.29) is 11.8 Å². The molecule has 1 atom stereocenters. The number of hydrogen-bond acceptors (Lipinski definition) is 3. The standard InChI is InChI=1S/C21H27N5O/c1-4-7-16-12-18(25(3)24-16)21(27)26-11-6-9-15(13-26)20-22-17-10-5-8-14(2)19(17)23-20/h5,8,10,12,15H,4,6-7,9,11,13H2,1-3H3,(H,22,23). The highest BCUT2D eigenvalue weighted by atomic mass is 16.2. The van der Waals surface area contributed by atoms with Crippen molar-refractivity contribution in [1.29, 1.82) is 0 Å². The number of benzene rings is 1. The number of likely N-dealkylation sites (tertiary alicyclic amines) is 1. The highest BCUT2D eigenvalue weighted by molar-refractivity contribution is 5.92. The van der Waals surface area contributed by atoms with Crippen molar-refractivity contribution in [1.82, 2.24) is 24.6 Å². The van der Waals surface area contributed by atoms with E-state index in [1.807, 2.05) is 24.1 Å². The molecule has 2 aromatic heterocycles. The predicted octanol–water partition coefficient (Wildman–Crippen LogP) is 3.58. The van der Waals surface area contributed by atoms with Crippen molar-refractivity contribution in [3.05, 3.63) is 47.0 Å². The third kappa shape index (κ3) is 3.36. The number of aromatic nitrogens is 4. The van der Waals surface area contributed by atoms with Gasteiger partial charge in [0, 0.05) is 26.1 Å². The second-order valence-corrected chi connectivity index (χ2v) is 7.58. The Labute approximate surface area is 159 Å². The van der Waals surface area contributed by atoms with Gasteiger partial charge in [-0.15, -0.1) is 0 Å². The van der Waals surface area contributed by atoms with Gasteiger partial charge in [-0.1, -0.05) is 25.5 Å². The number of nitrogens with one attached hydrogen (secondary N) is 1. The summed E-state index contributed by atoms with van der Waals surface area (Å²) in [6.45, 7) is 5.70. The highest BCUT2D eigenvalue weighted by Gasteiger charge is 2.29. The topological polar surface area (TPSA) is 66.8 Å². The average Bonchev–Trinajstić information content (AvgIpc) is 3.26. The number of hydrogen-bond donors (Lipinski definition) is 1. The molecule has 1 aromatic carbocycles. The first-order valence-electron chi connectivity index (χ1n) is 9.84. The van der Waals surface area contributed by atoms with Crippen LogP contribution in [-0.4, -0.2) is 43.6 Å². The van der Waals surface area contributed by atoms with Crippen LogP contribution in [0.3, 0.4) is 0 Å². The molecule has 1 aliphatic rings. The Bertz CT molecular complexity index is 970. The van der Waals surface area contributed by atoms with E-state index in [0.29, 0.717) is 12.2 Å². The van der Waals surface area contributed by atoms with E-state index in [1.165, 1.54) is 5.56 Å². The van der Waals surface area contributed by atoms with Gasteiger partial charge in [0.1, 0.15) is 11.5 Å². The summed E-state index contributed by atoms with van der Waals surface area (Å²) in [6, 6.07) is 8.14. The first-order chi connectivity index (χ1) is 13.1. The van der Waals surface area contributed by atoms with E-state index in [0.717, 1.165) is 54.8 Å². The van der Waals surface area contributed by atoms with Crippen molar-refractivity contribution in [2.75, 3.05) is 13.1 Å². The second kappa shape index (κ2) is 7.18. The molecule has 142 valence electrons. The van der Waals surface area contributed by atoms with Crippen LogP contribution in [0.2, 0.25) is 0 Å². The van der Waals surface area contributed by atoms with Crippen LogP contribution < -0.4 is 0 Å². The Morgan fingerprint density at radius 2 is 2.22 bits per heavy atom. The summed E-state index contributed by atoms with van der Waals surface area (Å²) in [5.74, 6) is 1.32. The number of imidazole rings is 1. The molecule has 1 aliphatic heterocycles. The fourth-order valence-electron chi connectivity index (χ4n) is 4.04. The molecule has 3 aromatic rings. The van der Waals surface area contributed by atoms with Gasteiger partial charge in [-0.3, -0.25) is 9.48 Å². The summed E-state index contributed by atoms with van der Waals surface area (Å²) in [4.78, 5) is 23.3. The van der Waals surface area contributed by atoms with Gasteiger partial charge in [0.2, 0.25) is 0 Å². The number of H-pyrrole nitrogens is 1. The maximum atomic E-state index is 13.1. The summed E-state index contributed by atoms with van der Waals surface area (Å²) in [5.41, 5.74) is 4.96. The largest absolute Gasteiger partial charge is 0.342 e. The second-order valence-electron chi connectivity index (χ2n) is 7.58. The maximum absolute atomic E-state index is 13.1. The van der Waals surface area contributed by atoms with Crippen molar-refractivity contribution in [3.63, 3.8) is 0 Å². The molecule has 6 heteroatoms. The Morgan fingerprint density at radius 1 is 1.37 bits per heavy atom. The fourth-order valence-corrected chi connectivity index (χ4v) is 4.04. The van der Waals surface area contributed by atoms with Gasteiger partial charge in [-0.05, 0) is 43.9 Å². The molecule has 6 nitrogen and oxygen atoms in total. The van der Waals surface area contributed by atoms with E-state index in [4.69, 9.17) is 4.98 Å². The minimum absolute atomic E-state index is 0.0735. The monoisotopic (exact) mass is 365 g/mol. The van der Waals surface area contributed by atoms with Crippen LogP contribution in [0, 0.1) is 6.92 Å². The van der Waals surface area contributed by atoms with E-state index >= 15 is 0 Å². The molecule has 4 rings (SSSR count). The molecule has 0 aliphatic carbocycles. The Morgan fingerprint density at radius 3 is 3.00 bits per heavy atom. The smallest absolute Gasteiger partial charge is 0.272 e. The van der Waals surface area contributed by atoms with E-state index in [9.17, 15) is 4.79 Å². The van der Waals surface area contributed by atoms with Gasteiger partial charge in [-0.25, -0.2) is 4.98 Å². The quantitative estimate of drug-likeness (QED) is 0.768. The molecule has 1 fully saturated rings. The van der Waals surface area contributed by atoms with Crippen molar-refractivity contribution < 1.29 is 4.79 Å². The fraction of sp³-hybridized carbons (Fsp3) is 0.476. The molecule has 1 N–H and O–H groups in total. The third-order valence-corrected chi connectivity index (χ3v) is 5.48. The molecule has 0 bridgehead atoms. The number of carbonyl (C=O) groups excluding carboxylic acids is 1. The molecule has 0 saturated carbocycles. The number of piperidine rings is 1. The lowest BCUT2D eigenvalue weighted by Crippen LogP contribution is -2.40. The SMILES string of the molecule is CCCc1cc(C(=O)N2CCCC(c3nc4c(C)cccc4[nH]3)C2)n(C)n1. The molecule has 1 unspecified atom stereocenters. The zero-order valence-corrected chi connectivity index (χ0v) is 16.3. The molecule has 3 heterocycles. The molecule has 27 heavy (non-hydrogen) atoms. The first-order valence-corrected chi connectivity index (χ1v) is 9.84. The summed E-state index contributed by atoms with van der Waals surface area (Å²) in [6.07, 6.45) is 3.98. The summed E-state index contributed by atoms with van der Waals surface area (Å²) in [5, 5.41) is 4.48. The normalized spacial score (nSPS) is 17.6. The number of aromatic amines is 1. The van der Waals surface area contributed by atoms with Crippen LogP contribution >= 0.6 is 0 Å². The molecule has 0 radical (unpaired) electrons. The van der Waals surface area contributed by atoms with Crippen molar-refractivity contribution in [3.8, 4) is 0 Å². The molecule has 0 spiro atoms. The van der Waals surface area contributed by atoms with E-state index in [2.05, 4.69) is 36.1 Å². The lowest BCUT2D eigenvalue weighted by Gasteiger charge is -2.31. The number of para-hydroxylation sites is 1. The minimum atomic E-state index is 0.0735. The third-order valence-electron chi connectivity index (χ3n) is 5.48. The van der Waals surface area contributed by atoms with Gasteiger partial charge in [0.15, 0.2) is 0 Å². The molecular weight excluding hydrogens is 338 g/mol. The average molecular weight is 365 g/mol. The number of carbonyl (C=O) groups is 1. The Kier molecular flexibility index (Phi) is 4.72. The highest BCUT2D eigenvalue weighted by Crippen LogP contribution is 2.28. The number of nitrogens with zero attached hydrogens (tertiary/aromatic N) is 4. The number of fused-ring (bicyclic) bond motifs is 1. The number of amides is 1. The molecule has 1 amide bonds. The summed E-state index contributed by atoms with van der Waals surface area (Å²) >= 11 is 0. The molecule has 1 saturated heterocycles. The zero-order valence-electron chi connectivity index (χ0n) is 16.3. The maximum Gasteiger partial charge on any atom is 0.272 e. The van der Waals surface area contributed by atoms with Gasteiger partial charge in [0.05, 0.1) is 16.7 Å². The lowest BCUT2D eigenvalue weighted by molar-refractivity contribution is 0.0693. The van der Waals surface area contributed by atoms with E-state index in [1.54, 1.807) is 4.68 Å². The number of rotatable bonds is 4. The van der Waals surface area contributed by atoms with Gasteiger partial charge < -0.3 is 9.88 Å². The minimum Gasteiger partial charge on any atom is -0.342 e. The Balaban J connectivity index is 1.55. The lowest BCUT2D eigenvalue weighted by atomic mass is 9.97. The predicted molar refractivity (Wildman–Crippen MR) is 106 cm³/mol. The van der Waals surface area contributed by atoms with Crippen LogP contribution in [0.1, 0.15) is 59.7 Å². The zero-order chi connectivity index (χ0) is 19.0. The van der Waals surface area contributed by atoms with Crippen molar-refractivity contribution >= 4 is 16.9 Å². The van der Waals surface area contributed by atoms with Crippen LogP contribution in [0.25, 0.3) is 11.0 Å².